The largest absolute Gasteiger partial charge is 0.478 e. The molecule has 20 heavy (non-hydrogen) atoms. The third kappa shape index (κ3) is 5.36. The predicted molar refractivity (Wildman–Crippen MR) is 74.1 cm³/mol. The molecule has 0 aliphatic rings. The van der Waals surface area contributed by atoms with Gasteiger partial charge in [-0.15, -0.1) is 0 Å². The second-order valence-corrected chi connectivity index (χ2v) is 4.50. The predicted octanol–water partition coefficient (Wildman–Crippen LogP) is 2.37. The average molecular weight is 282 g/mol. The molecule has 4 N–H and O–H groups in total. The Kier molecular flexibility index (Phi) is 6.66. The quantitative estimate of drug-likeness (QED) is 0.638. The summed E-state index contributed by atoms with van der Waals surface area (Å²) in [7, 11) is 0. The lowest BCUT2D eigenvalue weighted by Crippen LogP contribution is -2.12. The van der Waals surface area contributed by atoms with E-state index in [1.54, 1.807) is 0 Å². The first kappa shape index (κ1) is 16.1. The van der Waals surface area contributed by atoms with Crippen molar-refractivity contribution in [3.63, 3.8) is 0 Å². The average Bonchev–Trinajstić information content (AvgIpc) is 2.40. The summed E-state index contributed by atoms with van der Waals surface area (Å²) >= 11 is 0. The number of carboxylic acid groups (broad SMARTS) is 1. The van der Waals surface area contributed by atoms with Crippen LogP contribution in [0.4, 0.5) is 10.1 Å². The van der Waals surface area contributed by atoms with Crippen molar-refractivity contribution in [2.45, 2.75) is 32.1 Å². The van der Waals surface area contributed by atoms with E-state index in [1.165, 1.54) is 12.1 Å². The minimum Gasteiger partial charge on any atom is -0.478 e. The molecule has 0 aliphatic heterocycles. The summed E-state index contributed by atoms with van der Waals surface area (Å²) in [6.07, 6.45) is 3.86. The summed E-state index contributed by atoms with van der Waals surface area (Å²) in [4.78, 5) is 22.2. The van der Waals surface area contributed by atoms with Gasteiger partial charge in [0.15, 0.2) is 0 Å². The third-order valence-electron chi connectivity index (χ3n) is 2.85. The summed E-state index contributed by atoms with van der Waals surface area (Å²) in [5, 5.41) is 11.1. The Hall–Kier alpha value is -1.95. The number of nitrogens with one attached hydrogen (secondary N) is 1. The number of carbonyl (C=O) groups excluding carboxylic acids is 1. The monoisotopic (exact) mass is 282 g/mol. The van der Waals surface area contributed by atoms with Gasteiger partial charge in [0.25, 0.3) is 0 Å². The highest BCUT2D eigenvalue weighted by Crippen LogP contribution is 2.16. The van der Waals surface area contributed by atoms with Crippen LogP contribution in [0, 0.1) is 5.82 Å². The fourth-order valence-corrected chi connectivity index (χ4v) is 1.75. The number of unbranched alkanes of at least 4 members (excludes halogenated alkanes) is 3. The molecule has 1 rings (SSSR count). The summed E-state index contributed by atoms with van der Waals surface area (Å²) in [6.45, 7) is 0.646. The van der Waals surface area contributed by atoms with Gasteiger partial charge in [-0.2, -0.15) is 0 Å². The van der Waals surface area contributed by atoms with Crippen molar-refractivity contribution in [3.8, 4) is 0 Å². The fourth-order valence-electron chi connectivity index (χ4n) is 1.75. The SMILES string of the molecule is NCCCCCCC(=O)Nc1ccc(C(=O)O)cc1F. The normalized spacial score (nSPS) is 10.3. The smallest absolute Gasteiger partial charge is 0.335 e. The lowest BCUT2D eigenvalue weighted by atomic mass is 10.1. The molecule has 0 fully saturated rings. The van der Waals surface area contributed by atoms with Crippen molar-refractivity contribution in [2.75, 3.05) is 11.9 Å². The van der Waals surface area contributed by atoms with Gasteiger partial charge in [0.05, 0.1) is 11.3 Å². The standard InChI is InChI=1S/C14H19FN2O3/c15-11-9-10(14(19)20)6-7-12(11)17-13(18)5-3-1-2-4-8-16/h6-7,9H,1-5,8,16H2,(H,17,18)(H,19,20). The van der Waals surface area contributed by atoms with E-state index in [0.717, 1.165) is 31.7 Å². The Labute approximate surface area is 117 Å². The lowest BCUT2D eigenvalue weighted by molar-refractivity contribution is -0.116. The highest BCUT2D eigenvalue weighted by Gasteiger charge is 2.10. The number of rotatable bonds is 8. The first-order chi connectivity index (χ1) is 9.54. The molecule has 6 heteroatoms. The van der Waals surface area contributed by atoms with Crippen LogP contribution in [-0.2, 0) is 4.79 Å². The van der Waals surface area contributed by atoms with Gasteiger partial charge in [-0.3, -0.25) is 4.79 Å². The van der Waals surface area contributed by atoms with Crippen LogP contribution < -0.4 is 11.1 Å². The maximum Gasteiger partial charge on any atom is 0.335 e. The number of anilines is 1. The number of carboxylic acids is 1. The van der Waals surface area contributed by atoms with Gasteiger partial charge in [0, 0.05) is 6.42 Å². The topological polar surface area (TPSA) is 92.4 Å². The number of hydrogen-bond acceptors (Lipinski definition) is 3. The molecule has 0 heterocycles. The van der Waals surface area contributed by atoms with Crippen molar-refractivity contribution in [3.05, 3.63) is 29.6 Å². The summed E-state index contributed by atoms with van der Waals surface area (Å²) in [6, 6.07) is 3.40. The van der Waals surface area contributed by atoms with Crippen molar-refractivity contribution >= 4 is 17.6 Å². The number of carbonyl (C=O) groups is 2. The summed E-state index contributed by atoms with van der Waals surface area (Å²) in [5.74, 6) is -2.23. The maximum absolute atomic E-state index is 13.6. The second-order valence-electron chi connectivity index (χ2n) is 4.50. The zero-order chi connectivity index (χ0) is 15.0. The molecule has 0 saturated carbocycles. The van der Waals surface area contributed by atoms with Gasteiger partial charge in [0.1, 0.15) is 5.82 Å². The number of aromatic carboxylic acids is 1. The molecule has 1 aromatic carbocycles. The van der Waals surface area contributed by atoms with Crippen LogP contribution in [0.15, 0.2) is 18.2 Å². The molecular weight excluding hydrogens is 263 g/mol. The highest BCUT2D eigenvalue weighted by molar-refractivity contribution is 5.92. The van der Waals surface area contributed by atoms with Gasteiger partial charge < -0.3 is 16.2 Å². The van der Waals surface area contributed by atoms with E-state index >= 15 is 0 Å². The molecule has 0 saturated heterocycles. The molecule has 1 aromatic rings. The van der Waals surface area contributed by atoms with Crippen LogP contribution >= 0.6 is 0 Å². The molecule has 0 radical (unpaired) electrons. The maximum atomic E-state index is 13.6. The highest BCUT2D eigenvalue weighted by atomic mass is 19.1. The minimum absolute atomic E-state index is 0.00181. The van der Waals surface area contributed by atoms with Gasteiger partial charge in [0.2, 0.25) is 5.91 Å². The van der Waals surface area contributed by atoms with E-state index in [2.05, 4.69) is 5.32 Å². The zero-order valence-corrected chi connectivity index (χ0v) is 11.2. The fraction of sp³-hybridized carbons (Fsp3) is 0.429. The molecule has 0 atom stereocenters. The number of nitrogens with two attached hydrogens (primary N) is 1. The zero-order valence-electron chi connectivity index (χ0n) is 11.2. The van der Waals surface area contributed by atoms with E-state index in [9.17, 15) is 14.0 Å². The first-order valence-corrected chi connectivity index (χ1v) is 6.57. The van der Waals surface area contributed by atoms with E-state index in [4.69, 9.17) is 10.8 Å². The van der Waals surface area contributed by atoms with E-state index in [1.807, 2.05) is 0 Å². The van der Waals surface area contributed by atoms with Crippen LogP contribution in [0.1, 0.15) is 42.5 Å². The van der Waals surface area contributed by atoms with Crippen LogP contribution in [-0.4, -0.2) is 23.5 Å². The third-order valence-corrected chi connectivity index (χ3v) is 2.85. The van der Waals surface area contributed by atoms with Crippen LogP contribution in [0.3, 0.4) is 0 Å². The van der Waals surface area contributed by atoms with Crippen LogP contribution in [0.25, 0.3) is 0 Å². The molecule has 0 unspecified atom stereocenters. The van der Waals surface area contributed by atoms with Crippen molar-refractivity contribution < 1.29 is 19.1 Å². The van der Waals surface area contributed by atoms with Gasteiger partial charge in [-0.25, -0.2) is 9.18 Å². The van der Waals surface area contributed by atoms with Crippen LogP contribution in [0.5, 0.6) is 0 Å². The molecule has 110 valence electrons. The van der Waals surface area contributed by atoms with Crippen molar-refractivity contribution in [1.82, 2.24) is 0 Å². The molecule has 0 spiro atoms. The minimum atomic E-state index is -1.21. The number of benzene rings is 1. The molecule has 0 aliphatic carbocycles. The van der Waals surface area contributed by atoms with Gasteiger partial charge in [-0.05, 0) is 37.6 Å². The Morgan fingerprint density at radius 2 is 1.90 bits per heavy atom. The first-order valence-electron chi connectivity index (χ1n) is 6.57. The molecular formula is C14H19FN2O3. The molecule has 1 amide bonds. The molecule has 5 nitrogen and oxygen atoms in total. The molecule has 0 aromatic heterocycles. The number of halogens is 1. The second kappa shape index (κ2) is 8.27. The Morgan fingerprint density at radius 1 is 1.20 bits per heavy atom. The van der Waals surface area contributed by atoms with E-state index in [-0.39, 0.29) is 17.2 Å². The summed E-state index contributed by atoms with van der Waals surface area (Å²) < 4.78 is 13.6. The van der Waals surface area contributed by atoms with Crippen LogP contribution in [0.2, 0.25) is 0 Å². The van der Waals surface area contributed by atoms with Gasteiger partial charge in [-0.1, -0.05) is 12.8 Å². The van der Waals surface area contributed by atoms with Crippen molar-refractivity contribution in [1.29, 1.82) is 0 Å². The Balaban J connectivity index is 2.44. The summed E-state index contributed by atoms with van der Waals surface area (Å²) in [5.41, 5.74) is 5.21. The van der Waals surface area contributed by atoms with E-state index in [0.29, 0.717) is 13.0 Å². The van der Waals surface area contributed by atoms with Crippen molar-refractivity contribution in [2.24, 2.45) is 5.73 Å². The lowest BCUT2D eigenvalue weighted by Gasteiger charge is -2.07. The van der Waals surface area contributed by atoms with Gasteiger partial charge >= 0.3 is 5.97 Å². The number of hydrogen-bond donors (Lipinski definition) is 3. The Bertz CT molecular complexity index is 477. The number of amides is 1. The molecule has 0 bridgehead atoms. The Morgan fingerprint density at radius 3 is 2.50 bits per heavy atom. The van der Waals surface area contributed by atoms with E-state index < -0.39 is 11.8 Å².